The maximum atomic E-state index is 12.2. The zero-order valence-electron chi connectivity index (χ0n) is 22.7. The minimum atomic E-state index is -5.25. The van der Waals surface area contributed by atoms with Gasteiger partial charge < -0.3 is 10.5 Å². The van der Waals surface area contributed by atoms with Crippen molar-refractivity contribution in [2.24, 2.45) is 10.2 Å². The second-order valence-electron chi connectivity index (χ2n) is 9.23. The molecule has 3 aromatic carbocycles. The minimum Gasteiger partial charge on any atom is -0.494 e. The number of benzene rings is 3. The third kappa shape index (κ3) is 8.02. The molecule has 0 saturated heterocycles. The van der Waals surface area contributed by atoms with Crippen LogP contribution in [0.4, 0.5) is 15.7 Å². The van der Waals surface area contributed by atoms with Gasteiger partial charge in [0.15, 0.2) is 0 Å². The number of rotatable bonds is 11. The van der Waals surface area contributed by atoms with Gasteiger partial charge in [0, 0.05) is 16.3 Å². The van der Waals surface area contributed by atoms with Gasteiger partial charge in [0.1, 0.15) is 31.6 Å². The number of nitrogen functional groups attached to an aromatic ring is 1. The molecule has 0 fully saturated rings. The Hall–Kier alpha value is -4.05. The van der Waals surface area contributed by atoms with Crippen LogP contribution in [0.3, 0.4) is 0 Å². The quantitative estimate of drug-likeness (QED) is 0.0831. The summed E-state index contributed by atoms with van der Waals surface area (Å²) in [5, 5.41) is 16.4. The first-order valence-corrected chi connectivity index (χ1v) is 18.9. The SMILES string of the molecule is N#Cc1c(N)sc(N=Nc2cc(S(=O)(=O)O)c3cc(S(=O)(=O)O)cc(S(=O)(=O)O)c3c2)c1-c1ccc(OCCCS(=O)(=O)O)cc1. The zero-order valence-corrected chi connectivity index (χ0v) is 26.7. The summed E-state index contributed by atoms with van der Waals surface area (Å²) in [6, 6.07) is 10.6. The van der Waals surface area contributed by atoms with Crippen LogP contribution in [0.1, 0.15) is 12.0 Å². The molecule has 0 unspecified atom stereocenters. The van der Waals surface area contributed by atoms with Crippen LogP contribution in [0.2, 0.25) is 0 Å². The summed E-state index contributed by atoms with van der Waals surface area (Å²) in [5.74, 6) is -0.171. The van der Waals surface area contributed by atoms with Crippen molar-refractivity contribution in [3.63, 3.8) is 0 Å². The molecule has 0 aliphatic heterocycles. The Morgan fingerprint density at radius 2 is 1.39 bits per heavy atom. The molecule has 46 heavy (non-hydrogen) atoms. The monoisotopic (exact) mass is 732 g/mol. The van der Waals surface area contributed by atoms with Gasteiger partial charge in [-0.3, -0.25) is 18.2 Å². The van der Waals surface area contributed by atoms with E-state index in [0.29, 0.717) is 23.4 Å². The van der Waals surface area contributed by atoms with E-state index in [-0.39, 0.29) is 34.2 Å². The Morgan fingerprint density at radius 3 is 1.93 bits per heavy atom. The van der Waals surface area contributed by atoms with Crippen LogP contribution in [0, 0.1) is 11.3 Å². The molecule has 0 atom stereocenters. The Bertz CT molecular complexity index is 2380. The van der Waals surface area contributed by atoms with Gasteiger partial charge in [0.2, 0.25) is 0 Å². The summed E-state index contributed by atoms with van der Waals surface area (Å²) in [6.07, 6.45) is 0.0201. The summed E-state index contributed by atoms with van der Waals surface area (Å²) in [6.45, 7) is -0.0266. The molecular weight excluding hydrogens is 713 g/mol. The van der Waals surface area contributed by atoms with E-state index in [4.69, 9.17) is 15.0 Å². The highest BCUT2D eigenvalue weighted by Gasteiger charge is 2.26. The lowest BCUT2D eigenvalue weighted by molar-refractivity contribution is 0.316. The smallest absolute Gasteiger partial charge is 0.295 e. The molecule has 6 N–H and O–H groups in total. The molecule has 0 saturated carbocycles. The predicted molar refractivity (Wildman–Crippen MR) is 163 cm³/mol. The molecule has 4 rings (SSSR count). The van der Waals surface area contributed by atoms with Gasteiger partial charge in [0.25, 0.3) is 40.5 Å². The van der Waals surface area contributed by atoms with Crippen molar-refractivity contribution in [2.45, 2.75) is 21.1 Å². The number of fused-ring (bicyclic) bond motifs is 1. The summed E-state index contributed by atoms with van der Waals surface area (Å²) < 4.78 is 137. The lowest BCUT2D eigenvalue weighted by atomic mass is 10.0. The summed E-state index contributed by atoms with van der Waals surface area (Å²) in [5.41, 5.74) is 6.19. The molecule has 0 bridgehead atoms. The number of hydrogen-bond donors (Lipinski definition) is 5. The summed E-state index contributed by atoms with van der Waals surface area (Å²) in [7, 11) is -19.7. The van der Waals surface area contributed by atoms with E-state index in [9.17, 15) is 52.6 Å². The molecule has 0 aliphatic rings. The van der Waals surface area contributed by atoms with E-state index < -0.39 is 77.4 Å². The molecule has 1 heterocycles. The van der Waals surface area contributed by atoms with Gasteiger partial charge in [-0.25, -0.2) is 0 Å². The fraction of sp³-hybridized carbons (Fsp3) is 0.125. The van der Waals surface area contributed by atoms with Crippen molar-refractivity contribution in [3.8, 4) is 22.9 Å². The third-order valence-electron chi connectivity index (χ3n) is 6.05. The van der Waals surface area contributed by atoms with E-state index >= 15 is 0 Å². The van der Waals surface area contributed by atoms with Crippen LogP contribution in [0.25, 0.3) is 21.9 Å². The molecule has 17 nitrogen and oxygen atoms in total. The van der Waals surface area contributed by atoms with Crippen molar-refractivity contribution in [2.75, 3.05) is 18.1 Å². The summed E-state index contributed by atoms with van der Waals surface area (Å²) >= 11 is 0.814. The molecule has 4 aromatic rings. The predicted octanol–water partition coefficient (Wildman–Crippen LogP) is 3.83. The summed E-state index contributed by atoms with van der Waals surface area (Å²) in [4.78, 5) is -3.26. The Balaban J connectivity index is 1.81. The number of nitrogens with two attached hydrogens (primary N) is 1. The highest BCUT2D eigenvalue weighted by atomic mass is 32.2. The average Bonchev–Trinajstić information content (AvgIpc) is 3.26. The first-order valence-electron chi connectivity index (χ1n) is 12.2. The maximum absolute atomic E-state index is 12.2. The van der Waals surface area contributed by atoms with Gasteiger partial charge in [-0.1, -0.05) is 23.5 Å². The van der Waals surface area contributed by atoms with Crippen LogP contribution in [0.15, 0.2) is 73.4 Å². The van der Waals surface area contributed by atoms with E-state index in [0.717, 1.165) is 23.5 Å². The zero-order chi connectivity index (χ0) is 34.2. The van der Waals surface area contributed by atoms with E-state index in [1.165, 1.54) is 24.3 Å². The van der Waals surface area contributed by atoms with Crippen LogP contribution in [-0.4, -0.2) is 64.2 Å². The van der Waals surface area contributed by atoms with E-state index in [2.05, 4.69) is 10.2 Å². The molecule has 22 heteroatoms. The number of ether oxygens (including phenoxy) is 1. The highest BCUT2D eigenvalue weighted by Crippen LogP contribution is 2.45. The molecule has 0 aliphatic carbocycles. The second-order valence-corrected chi connectivity index (χ2v) is 16.0. The van der Waals surface area contributed by atoms with Crippen molar-refractivity contribution in [3.05, 3.63) is 54.1 Å². The number of nitrogens with zero attached hydrogens (tertiary/aromatic N) is 3. The molecule has 1 aromatic heterocycles. The highest BCUT2D eigenvalue weighted by molar-refractivity contribution is 7.87. The molecule has 244 valence electrons. The Labute approximate surface area is 265 Å². The van der Waals surface area contributed by atoms with Crippen LogP contribution < -0.4 is 10.5 Å². The Kier molecular flexibility index (Phi) is 9.56. The number of thiophene rings is 1. The van der Waals surface area contributed by atoms with Gasteiger partial charge in [0.05, 0.1) is 28.5 Å². The lowest BCUT2D eigenvalue weighted by Gasteiger charge is -2.11. The van der Waals surface area contributed by atoms with Gasteiger partial charge in [-0.15, -0.1) is 10.2 Å². The van der Waals surface area contributed by atoms with Gasteiger partial charge in [-0.05, 0) is 48.4 Å². The number of hydrogen-bond acceptors (Lipinski definition) is 14. The largest absolute Gasteiger partial charge is 0.494 e. The molecular formula is C24H20N4O13S5. The standard InChI is InChI=1S/C24H20N4O13S5/c25-12-19-22(13-2-4-15(5-3-13)41-6-1-7-43(29,30)31)24(42-23(19)26)28-27-14-8-17-18(20(9-14)45(35,36)37)10-16(44(32,33)34)11-21(17)46(38,39)40/h2-5,8-11H,1,6-7,26H2,(H,29,30,31)(H,32,33,34)(H,35,36,37)(H,38,39,40). The van der Waals surface area contributed by atoms with E-state index in [1.807, 2.05) is 6.07 Å². The van der Waals surface area contributed by atoms with Crippen LogP contribution >= 0.6 is 11.3 Å². The number of nitriles is 1. The maximum Gasteiger partial charge on any atom is 0.295 e. The van der Waals surface area contributed by atoms with Gasteiger partial charge >= 0.3 is 0 Å². The van der Waals surface area contributed by atoms with Crippen molar-refractivity contribution >= 4 is 78.3 Å². The molecule has 0 amide bonds. The van der Waals surface area contributed by atoms with Gasteiger partial charge in [-0.2, -0.15) is 38.9 Å². The minimum absolute atomic E-state index is 0.00399. The normalized spacial score (nSPS) is 12.8. The first-order chi connectivity index (χ1) is 21.2. The van der Waals surface area contributed by atoms with Crippen molar-refractivity contribution < 1.29 is 56.6 Å². The van der Waals surface area contributed by atoms with Crippen LogP contribution in [-0.2, 0) is 40.5 Å². The van der Waals surface area contributed by atoms with Crippen LogP contribution in [0.5, 0.6) is 5.75 Å². The number of azo groups is 1. The van der Waals surface area contributed by atoms with Crippen molar-refractivity contribution in [1.82, 2.24) is 0 Å². The topological polar surface area (TPSA) is 301 Å². The lowest BCUT2D eigenvalue weighted by Crippen LogP contribution is -2.08. The number of anilines is 1. The fourth-order valence-electron chi connectivity index (χ4n) is 4.13. The first kappa shape index (κ1) is 34.8. The van der Waals surface area contributed by atoms with E-state index in [1.54, 1.807) is 0 Å². The van der Waals surface area contributed by atoms with Crippen molar-refractivity contribution in [1.29, 1.82) is 5.26 Å². The molecule has 0 spiro atoms. The third-order valence-corrected chi connectivity index (χ3v) is 10.4. The molecule has 0 radical (unpaired) electrons. The Morgan fingerprint density at radius 1 is 0.804 bits per heavy atom. The fourth-order valence-corrected chi connectivity index (χ4v) is 7.52. The second kappa shape index (κ2) is 12.6. The average molecular weight is 733 g/mol.